The number of hydrogen-bond donors (Lipinski definition) is 2. The van der Waals surface area contributed by atoms with Crippen molar-refractivity contribution in [1.82, 2.24) is 9.55 Å². The molecule has 3 atom stereocenters. The Balaban J connectivity index is 2.14. The zero-order chi connectivity index (χ0) is 19.7. The number of aromatic amines is 1. The van der Waals surface area contributed by atoms with Gasteiger partial charge < -0.3 is 14.3 Å². The van der Waals surface area contributed by atoms with Crippen molar-refractivity contribution in [1.29, 1.82) is 5.26 Å². The summed E-state index contributed by atoms with van der Waals surface area (Å²) in [6.07, 6.45) is -0.597. The van der Waals surface area contributed by atoms with Crippen LogP contribution in [0.15, 0.2) is 15.8 Å². The highest BCUT2D eigenvalue weighted by Crippen LogP contribution is 2.37. The van der Waals surface area contributed by atoms with Gasteiger partial charge in [-0.3, -0.25) is 14.3 Å². The van der Waals surface area contributed by atoms with E-state index in [4.69, 9.17) is 14.4 Å². The van der Waals surface area contributed by atoms with E-state index in [2.05, 4.69) is 38.8 Å². The van der Waals surface area contributed by atoms with E-state index < -0.39 is 38.0 Å². The van der Waals surface area contributed by atoms with E-state index in [1.165, 1.54) is 10.8 Å². The largest absolute Gasteiger partial charge is 0.414 e. The van der Waals surface area contributed by atoms with E-state index in [9.17, 15) is 14.7 Å². The molecule has 8 nitrogen and oxygen atoms in total. The lowest BCUT2D eigenvalue weighted by molar-refractivity contribution is -0.0433. The van der Waals surface area contributed by atoms with Crippen molar-refractivity contribution >= 4 is 8.32 Å². The molecule has 1 aromatic heterocycles. The summed E-state index contributed by atoms with van der Waals surface area (Å²) in [4.78, 5) is 26.0. The molecular weight excluding hydrogens is 354 g/mol. The number of ether oxygens (including phenoxy) is 1. The number of aliphatic hydroxyl groups is 1. The van der Waals surface area contributed by atoms with E-state index in [0.717, 1.165) is 0 Å². The lowest BCUT2D eigenvalue weighted by Crippen LogP contribution is -2.44. The number of nitrogens with one attached hydrogen (secondary N) is 1. The molecule has 144 valence electrons. The zero-order valence-corrected chi connectivity index (χ0v) is 16.9. The van der Waals surface area contributed by atoms with Crippen LogP contribution in [0.5, 0.6) is 0 Å². The first-order valence-electron chi connectivity index (χ1n) is 8.65. The molecule has 0 radical (unpaired) electrons. The second kappa shape index (κ2) is 7.48. The van der Waals surface area contributed by atoms with Crippen LogP contribution in [0.25, 0.3) is 0 Å². The Hall–Kier alpha value is -1.73. The summed E-state index contributed by atoms with van der Waals surface area (Å²) >= 11 is 0. The Morgan fingerprint density at radius 1 is 1.46 bits per heavy atom. The summed E-state index contributed by atoms with van der Waals surface area (Å²) in [6, 6.07) is 1.89. The third-order valence-electron chi connectivity index (χ3n) is 5.24. The van der Waals surface area contributed by atoms with E-state index in [1.807, 2.05) is 6.07 Å². The average molecular weight is 382 g/mol. The van der Waals surface area contributed by atoms with Crippen molar-refractivity contribution < 1.29 is 14.3 Å². The van der Waals surface area contributed by atoms with E-state index in [-0.39, 0.29) is 30.1 Å². The second-order valence-corrected chi connectivity index (χ2v) is 13.0. The van der Waals surface area contributed by atoms with Gasteiger partial charge in [-0.15, -0.1) is 0 Å². The predicted molar refractivity (Wildman–Crippen MR) is 98.3 cm³/mol. The zero-order valence-electron chi connectivity index (χ0n) is 15.9. The Bertz CT molecular complexity index is 802. The monoisotopic (exact) mass is 381 g/mol. The van der Waals surface area contributed by atoms with Crippen LogP contribution < -0.4 is 11.2 Å². The van der Waals surface area contributed by atoms with Crippen LogP contribution in [0, 0.1) is 11.3 Å². The van der Waals surface area contributed by atoms with Crippen LogP contribution in [-0.2, 0) is 15.6 Å². The molecule has 0 aromatic carbocycles. The molecule has 1 aliphatic heterocycles. The highest BCUT2D eigenvalue weighted by molar-refractivity contribution is 6.74. The Morgan fingerprint density at radius 3 is 2.69 bits per heavy atom. The molecule has 0 saturated carbocycles. The molecule has 1 aliphatic rings. The standard InChI is InChI=1S/C17H27N3O5Si/c1-17(2,3)26(4,5)24-10-13-12(21)8-14(25-13)20-9-11(6-7-18)15(22)19-16(20)23/h9,12-14,21H,6,8,10H2,1-5H3,(H,19,22,23)/t12-,13+,14+/m0/s1. The van der Waals surface area contributed by atoms with E-state index in [0.29, 0.717) is 0 Å². The fourth-order valence-electron chi connectivity index (χ4n) is 2.49. The quantitative estimate of drug-likeness (QED) is 0.742. The second-order valence-electron chi connectivity index (χ2n) is 8.16. The lowest BCUT2D eigenvalue weighted by Gasteiger charge is -2.37. The fourth-order valence-corrected chi connectivity index (χ4v) is 3.51. The molecule has 0 aliphatic carbocycles. The smallest absolute Gasteiger partial charge is 0.330 e. The van der Waals surface area contributed by atoms with Crippen LogP contribution in [0.4, 0.5) is 0 Å². The van der Waals surface area contributed by atoms with Crippen LogP contribution >= 0.6 is 0 Å². The molecule has 2 N–H and O–H groups in total. The molecule has 0 amide bonds. The molecule has 2 heterocycles. The Morgan fingerprint density at radius 2 is 2.12 bits per heavy atom. The van der Waals surface area contributed by atoms with E-state index >= 15 is 0 Å². The fraction of sp³-hybridized carbons (Fsp3) is 0.706. The van der Waals surface area contributed by atoms with Crippen molar-refractivity contribution in [2.24, 2.45) is 0 Å². The number of hydrogen-bond acceptors (Lipinski definition) is 6. The van der Waals surface area contributed by atoms with Gasteiger partial charge in [0, 0.05) is 18.2 Å². The van der Waals surface area contributed by atoms with Gasteiger partial charge in [-0.1, -0.05) is 20.8 Å². The minimum Gasteiger partial charge on any atom is -0.414 e. The summed E-state index contributed by atoms with van der Waals surface area (Å²) in [5.41, 5.74) is -1.02. The number of H-pyrrole nitrogens is 1. The van der Waals surface area contributed by atoms with E-state index in [1.54, 1.807) is 0 Å². The van der Waals surface area contributed by atoms with Crippen molar-refractivity contribution in [3.63, 3.8) is 0 Å². The maximum atomic E-state index is 12.1. The van der Waals surface area contributed by atoms with Gasteiger partial charge >= 0.3 is 5.69 Å². The van der Waals surface area contributed by atoms with Gasteiger partial charge in [-0.2, -0.15) is 5.26 Å². The van der Waals surface area contributed by atoms with Gasteiger partial charge in [0.05, 0.1) is 25.2 Å². The molecule has 1 fully saturated rings. The number of nitrogens with zero attached hydrogens (tertiary/aromatic N) is 2. The van der Waals surface area contributed by atoms with Gasteiger partial charge in [-0.25, -0.2) is 4.79 Å². The number of rotatable bonds is 5. The van der Waals surface area contributed by atoms with Crippen LogP contribution in [0.2, 0.25) is 18.1 Å². The molecule has 0 spiro atoms. The first-order chi connectivity index (χ1) is 12.0. The Kier molecular flexibility index (Phi) is 5.92. The molecule has 0 bridgehead atoms. The lowest BCUT2D eigenvalue weighted by atomic mass is 10.2. The third-order valence-corrected chi connectivity index (χ3v) is 9.74. The maximum absolute atomic E-state index is 12.1. The summed E-state index contributed by atoms with van der Waals surface area (Å²) in [5, 5.41) is 19.1. The number of nitriles is 1. The molecule has 26 heavy (non-hydrogen) atoms. The topological polar surface area (TPSA) is 117 Å². The number of aromatic nitrogens is 2. The van der Waals surface area contributed by atoms with Gasteiger partial charge in [0.2, 0.25) is 0 Å². The summed E-state index contributed by atoms with van der Waals surface area (Å²) < 4.78 is 13.2. The predicted octanol–water partition coefficient (Wildman–Crippen LogP) is 1.27. The van der Waals surface area contributed by atoms with Gasteiger partial charge in [0.15, 0.2) is 8.32 Å². The first kappa shape index (κ1) is 20.6. The average Bonchev–Trinajstić information content (AvgIpc) is 2.88. The Labute approximate surface area is 153 Å². The summed E-state index contributed by atoms with van der Waals surface area (Å²) in [5.74, 6) is 0. The highest BCUT2D eigenvalue weighted by atomic mass is 28.4. The molecule has 1 saturated heterocycles. The summed E-state index contributed by atoms with van der Waals surface area (Å²) in [7, 11) is -1.98. The van der Waals surface area contributed by atoms with Crippen molar-refractivity contribution in [2.75, 3.05) is 6.61 Å². The van der Waals surface area contributed by atoms with Crippen LogP contribution in [0.1, 0.15) is 39.0 Å². The SMILES string of the molecule is CC(C)(C)[Si](C)(C)OC[C@H]1O[C@@H](n2cc(CC#N)c(=O)[nH]c2=O)C[C@@H]1O. The molecular formula is C17H27N3O5Si. The molecule has 2 rings (SSSR count). The molecule has 1 aromatic rings. The van der Waals surface area contributed by atoms with Crippen molar-refractivity contribution in [3.8, 4) is 6.07 Å². The summed E-state index contributed by atoms with van der Waals surface area (Å²) in [6.45, 7) is 10.9. The maximum Gasteiger partial charge on any atom is 0.330 e. The third kappa shape index (κ3) is 4.32. The molecule has 0 unspecified atom stereocenters. The van der Waals surface area contributed by atoms with Crippen molar-refractivity contribution in [3.05, 3.63) is 32.6 Å². The van der Waals surface area contributed by atoms with Crippen LogP contribution in [-0.4, -0.2) is 41.8 Å². The van der Waals surface area contributed by atoms with Gasteiger partial charge in [0.25, 0.3) is 5.56 Å². The molecule has 9 heteroatoms. The van der Waals surface area contributed by atoms with Gasteiger partial charge in [0.1, 0.15) is 12.3 Å². The minimum atomic E-state index is -1.98. The normalized spacial score (nSPS) is 23.8. The first-order valence-corrected chi connectivity index (χ1v) is 11.6. The highest BCUT2D eigenvalue weighted by Gasteiger charge is 2.41. The minimum absolute atomic E-state index is 0.0397. The van der Waals surface area contributed by atoms with Gasteiger partial charge in [-0.05, 0) is 18.1 Å². The van der Waals surface area contributed by atoms with Crippen molar-refractivity contribution in [2.45, 2.75) is 70.2 Å². The van der Waals surface area contributed by atoms with Crippen LogP contribution in [0.3, 0.4) is 0 Å². The number of aliphatic hydroxyl groups excluding tert-OH is 1.